The maximum atomic E-state index is 12.5. The molecule has 1 amide bonds. The zero-order chi connectivity index (χ0) is 19.9. The Kier molecular flexibility index (Phi) is 5.96. The Bertz CT molecular complexity index is 1000. The van der Waals surface area contributed by atoms with E-state index in [4.69, 9.17) is 0 Å². The van der Waals surface area contributed by atoms with Gasteiger partial charge >= 0.3 is 5.97 Å². The fraction of sp³-hybridized carbons (Fsp3) is 0.143. The highest BCUT2D eigenvalue weighted by atomic mass is 16.5. The van der Waals surface area contributed by atoms with E-state index in [1.165, 1.54) is 19.4 Å². The number of hydrogen-bond acceptors (Lipinski definition) is 6. The number of nitrogens with zero attached hydrogens (tertiary/aromatic N) is 2. The number of carbonyl (C=O) groups is 2. The van der Waals surface area contributed by atoms with Gasteiger partial charge in [-0.25, -0.2) is 14.8 Å². The Morgan fingerprint density at radius 1 is 1.07 bits per heavy atom. The average Bonchev–Trinajstić information content (AvgIpc) is 2.73. The second-order valence-corrected chi connectivity index (χ2v) is 6.07. The molecule has 142 valence electrons. The van der Waals surface area contributed by atoms with E-state index in [1.54, 1.807) is 24.3 Å². The van der Waals surface area contributed by atoms with Crippen molar-refractivity contribution < 1.29 is 14.3 Å². The molecule has 7 heteroatoms. The first kappa shape index (κ1) is 19.0. The third-order valence-electron chi connectivity index (χ3n) is 4.13. The first-order chi connectivity index (χ1) is 13.6. The predicted octanol–water partition coefficient (Wildman–Crippen LogP) is 3.44. The number of carbonyl (C=O) groups excluding carboxylic acids is 2. The van der Waals surface area contributed by atoms with Crippen LogP contribution in [0.15, 0.2) is 60.8 Å². The number of anilines is 2. The topological polar surface area (TPSA) is 93.2 Å². The molecule has 0 radical (unpaired) electrons. The molecule has 1 heterocycles. The molecular weight excluding hydrogens is 356 g/mol. The van der Waals surface area contributed by atoms with Crippen molar-refractivity contribution >= 4 is 23.5 Å². The summed E-state index contributed by atoms with van der Waals surface area (Å²) in [5, 5.41) is 5.85. The molecule has 0 unspecified atom stereocenters. The smallest absolute Gasteiger partial charge is 0.337 e. The molecule has 0 saturated carbocycles. The van der Waals surface area contributed by atoms with Crippen LogP contribution >= 0.6 is 0 Å². The first-order valence-electron chi connectivity index (χ1n) is 8.68. The maximum absolute atomic E-state index is 12.5. The fourth-order valence-electron chi connectivity index (χ4n) is 2.59. The summed E-state index contributed by atoms with van der Waals surface area (Å²) in [6, 6.07) is 16.0. The average molecular weight is 376 g/mol. The van der Waals surface area contributed by atoms with Gasteiger partial charge in [0, 0.05) is 18.4 Å². The minimum Gasteiger partial charge on any atom is -0.465 e. The van der Waals surface area contributed by atoms with E-state index < -0.39 is 11.9 Å². The Morgan fingerprint density at radius 2 is 1.89 bits per heavy atom. The number of aromatic nitrogens is 2. The molecule has 0 atom stereocenters. The van der Waals surface area contributed by atoms with Gasteiger partial charge in [0.05, 0.1) is 12.7 Å². The second kappa shape index (κ2) is 8.77. The van der Waals surface area contributed by atoms with Crippen molar-refractivity contribution in [2.75, 3.05) is 17.7 Å². The highest BCUT2D eigenvalue weighted by molar-refractivity contribution is 6.03. The van der Waals surface area contributed by atoms with E-state index in [9.17, 15) is 9.59 Å². The number of ether oxygens (including phenoxy) is 1. The Morgan fingerprint density at radius 3 is 2.68 bits per heavy atom. The molecule has 0 aliphatic heterocycles. The van der Waals surface area contributed by atoms with E-state index in [2.05, 4.69) is 25.3 Å². The van der Waals surface area contributed by atoms with Gasteiger partial charge in [-0.2, -0.15) is 0 Å². The van der Waals surface area contributed by atoms with Crippen molar-refractivity contribution in [1.82, 2.24) is 9.97 Å². The fourth-order valence-corrected chi connectivity index (χ4v) is 2.59. The normalized spacial score (nSPS) is 10.2. The van der Waals surface area contributed by atoms with Gasteiger partial charge in [0.1, 0.15) is 5.69 Å². The monoisotopic (exact) mass is 376 g/mol. The molecule has 0 bridgehead atoms. The lowest BCUT2D eigenvalue weighted by Crippen LogP contribution is -2.16. The van der Waals surface area contributed by atoms with E-state index in [0.717, 1.165) is 11.1 Å². The van der Waals surface area contributed by atoms with Crippen molar-refractivity contribution in [3.05, 3.63) is 83.2 Å². The summed E-state index contributed by atoms with van der Waals surface area (Å²) in [6.45, 7) is 2.59. The zero-order valence-corrected chi connectivity index (χ0v) is 15.6. The van der Waals surface area contributed by atoms with Crippen LogP contribution in [-0.4, -0.2) is 29.0 Å². The maximum Gasteiger partial charge on any atom is 0.337 e. The number of aryl methyl sites for hydroxylation is 1. The molecule has 0 aliphatic rings. The minimum atomic E-state index is -0.471. The highest BCUT2D eigenvalue weighted by Crippen LogP contribution is 2.14. The molecule has 2 aromatic carbocycles. The summed E-state index contributed by atoms with van der Waals surface area (Å²) >= 11 is 0. The minimum absolute atomic E-state index is 0.214. The third kappa shape index (κ3) is 4.70. The van der Waals surface area contributed by atoms with Crippen molar-refractivity contribution in [3.63, 3.8) is 0 Å². The first-order valence-corrected chi connectivity index (χ1v) is 8.68. The predicted molar refractivity (Wildman–Crippen MR) is 106 cm³/mol. The molecule has 3 rings (SSSR count). The molecule has 0 spiro atoms. The molecular formula is C21H20N4O3. The van der Waals surface area contributed by atoms with E-state index in [1.807, 2.05) is 31.2 Å². The van der Waals surface area contributed by atoms with Gasteiger partial charge in [-0.3, -0.25) is 4.79 Å². The van der Waals surface area contributed by atoms with Crippen molar-refractivity contribution in [3.8, 4) is 0 Å². The van der Waals surface area contributed by atoms with Gasteiger partial charge in [0.2, 0.25) is 5.95 Å². The van der Waals surface area contributed by atoms with Gasteiger partial charge < -0.3 is 15.4 Å². The zero-order valence-electron chi connectivity index (χ0n) is 15.6. The number of amides is 1. The summed E-state index contributed by atoms with van der Waals surface area (Å²) in [7, 11) is 1.31. The SMILES string of the molecule is COC(=O)c1cccc(NC(=O)c2ccnc(NCc3ccccc3C)n2)c1. The highest BCUT2D eigenvalue weighted by Gasteiger charge is 2.11. The van der Waals surface area contributed by atoms with E-state index in [-0.39, 0.29) is 5.69 Å². The summed E-state index contributed by atoms with van der Waals surface area (Å²) in [5.41, 5.74) is 3.32. The van der Waals surface area contributed by atoms with Crippen LogP contribution in [0.3, 0.4) is 0 Å². The van der Waals surface area contributed by atoms with Gasteiger partial charge in [0.25, 0.3) is 5.91 Å². The number of methoxy groups -OCH3 is 1. The van der Waals surface area contributed by atoms with Gasteiger partial charge in [-0.1, -0.05) is 30.3 Å². The molecule has 2 N–H and O–H groups in total. The second-order valence-electron chi connectivity index (χ2n) is 6.07. The summed E-state index contributed by atoms with van der Waals surface area (Å²) in [4.78, 5) is 32.5. The number of nitrogens with one attached hydrogen (secondary N) is 2. The van der Waals surface area contributed by atoms with E-state index >= 15 is 0 Å². The Balaban J connectivity index is 1.69. The van der Waals surface area contributed by atoms with Gasteiger partial charge in [-0.05, 0) is 42.3 Å². The van der Waals surface area contributed by atoms with Crippen LogP contribution in [-0.2, 0) is 11.3 Å². The number of hydrogen-bond donors (Lipinski definition) is 2. The quantitative estimate of drug-likeness (QED) is 0.640. The standard InChI is InChI=1S/C21H20N4O3/c1-14-6-3-4-7-16(14)13-23-21-22-11-10-18(25-21)19(26)24-17-9-5-8-15(12-17)20(27)28-2/h3-12H,13H2,1-2H3,(H,24,26)(H,22,23,25). The van der Waals surface area contributed by atoms with Crippen LogP contribution in [0.4, 0.5) is 11.6 Å². The molecule has 7 nitrogen and oxygen atoms in total. The van der Waals surface area contributed by atoms with Gasteiger partial charge in [0.15, 0.2) is 0 Å². The van der Waals surface area contributed by atoms with Crippen molar-refractivity contribution in [2.45, 2.75) is 13.5 Å². The number of rotatable bonds is 6. The number of benzene rings is 2. The summed E-state index contributed by atoms with van der Waals surface area (Å²) in [5.74, 6) is -0.511. The molecule has 1 aromatic heterocycles. The van der Waals surface area contributed by atoms with Crippen LogP contribution in [0.1, 0.15) is 32.0 Å². The molecule has 0 saturated heterocycles. The summed E-state index contributed by atoms with van der Waals surface area (Å²) < 4.78 is 4.69. The molecule has 28 heavy (non-hydrogen) atoms. The molecule has 3 aromatic rings. The molecule has 0 aliphatic carbocycles. The van der Waals surface area contributed by atoms with Crippen LogP contribution < -0.4 is 10.6 Å². The van der Waals surface area contributed by atoms with Crippen molar-refractivity contribution in [2.24, 2.45) is 0 Å². The summed E-state index contributed by atoms with van der Waals surface area (Å²) in [6.07, 6.45) is 1.52. The molecule has 0 fully saturated rings. The van der Waals surface area contributed by atoms with Crippen molar-refractivity contribution in [1.29, 1.82) is 0 Å². The van der Waals surface area contributed by atoms with Crippen LogP contribution in [0.2, 0.25) is 0 Å². The van der Waals surface area contributed by atoms with Crippen LogP contribution in [0, 0.1) is 6.92 Å². The van der Waals surface area contributed by atoms with Crippen LogP contribution in [0.5, 0.6) is 0 Å². The lowest BCUT2D eigenvalue weighted by molar-refractivity contribution is 0.0600. The number of esters is 1. The van der Waals surface area contributed by atoms with Gasteiger partial charge in [-0.15, -0.1) is 0 Å². The van der Waals surface area contributed by atoms with Crippen LogP contribution in [0.25, 0.3) is 0 Å². The Hall–Kier alpha value is -3.74. The third-order valence-corrected chi connectivity index (χ3v) is 4.13. The van der Waals surface area contributed by atoms with E-state index in [0.29, 0.717) is 23.7 Å². The lowest BCUT2D eigenvalue weighted by atomic mass is 10.1. The Labute approximate surface area is 162 Å². The largest absolute Gasteiger partial charge is 0.465 e. The lowest BCUT2D eigenvalue weighted by Gasteiger charge is -2.09.